The summed E-state index contributed by atoms with van der Waals surface area (Å²) in [6.07, 6.45) is 0.667. The van der Waals surface area contributed by atoms with Gasteiger partial charge in [0.25, 0.3) is 5.91 Å². The molecule has 0 fully saturated rings. The molecule has 140 valence electrons. The van der Waals surface area contributed by atoms with Gasteiger partial charge in [-0.1, -0.05) is 37.6 Å². The summed E-state index contributed by atoms with van der Waals surface area (Å²) >= 11 is 5.94. The molecule has 7 heteroatoms. The van der Waals surface area contributed by atoms with Crippen LogP contribution in [0, 0.1) is 0 Å². The fraction of sp³-hybridized carbons (Fsp3) is 0.316. The highest BCUT2D eigenvalue weighted by Crippen LogP contribution is 2.16. The molecule has 0 aliphatic heterocycles. The number of carbonyl (C=O) groups is 1. The van der Waals surface area contributed by atoms with Crippen LogP contribution in [0.25, 0.3) is 0 Å². The van der Waals surface area contributed by atoms with Crippen molar-refractivity contribution in [2.75, 3.05) is 19.6 Å². The van der Waals surface area contributed by atoms with E-state index in [-0.39, 0.29) is 10.8 Å². The van der Waals surface area contributed by atoms with Crippen molar-refractivity contribution in [3.05, 3.63) is 64.7 Å². The van der Waals surface area contributed by atoms with Crippen molar-refractivity contribution >= 4 is 27.5 Å². The van der Waals surface area contributed by atoms with E-state index < -0.39 is 10.0 Å². The second kappa shape index (κ2) is 9.16. The summed E-state index contributed by atoms with van der Waals surface area (Å²) < 4.78 is 26.3. The molecule has 1 amide bonds. The topological polar surface area (TPSA) is 66.5 Å². The van der Waals surface area contributed by atoms with Crippen molar-refractivity contribution in [3.63, 3.8) is 0 Å². The van der Waals surface area contributed by atoms with Crippen molar-refractivity contribution in [1.82, 2.24) is 9.62 Å². The molecule has 0 aromatic heterocycles. The van der Waals surface area contributed by atoms with Crippen molar-refractivity contribution in [2.45, 2.75) is 25.2 Å². The summed E-state index contributed by atoms with van der Waals surface area (Å²) in [4.78, 5) is 12.4. The lowest BCUT2D eigenvalue weighted by Crippen LogP contribution is -2.30. The van der Waals surface area contributed by atoms with Gasteiger partial charge in [-0.15, -0.1) is 0 Å². The van der Waals surface area contributed by atoms with E-state index in [2.05, 4.69) is 5.32 Å². The van der Waals surface area contributed by atoms with Crippen LogP contribution in [0.5, 0.6) is 0 Å². The number of rotatable bonds is 8. The van der Waals surface area contributed by atoms with Gasteiger partial charge in [0.15, 0.2) is 0 Å². The molecule has 1 N–H and O–H groups in total. The molecule has 5 nitrogen and oxygen atoms in total. The van der Waals surface area contributed by atoms with Gasteiger partial charge >= 0.3 is 0 Å². The summed E-state index contributed by atoms with van der Waals surface area (Å²) in [7, 11) is -3.51. The highest BCUT2D eigenvalue weighted by Gasteiger charge is 2.21. The Morgan fingerprint density at radius 2 is 1.73 bits per heavy atom. The van der Waals surface area contributed by atoms with Crippen LogP contribution in [0.3, 0.4) is 0 Å². The van der Waals surface area contributed by atoms with Crippen LogP contribution in [-0.4, -0.2) is 38.3 Å². The number of benzene rings is 2. The maximum Gasteiger partial charge on any atom is 0.251 e. The molecule has 0 saturated carbocycles. The maximum absolute atomic E-state index is 12.4. The average molecular weight is 395 g/mol. The van der Waals surface area contributed by atoms with Gasteiger partial charge in [0.05, 0.1) is 4.90 Å². The van der Waals surface area contributed by atoms with E-state index in [1.165, 1.54) is 28.6 Å². The fourth-order valence-corrected chi connectivity index (χ4v) is 4.28. The van der Waals surface area contributed by atoms with Gasteiger partial charge in [-0.05, 0) is 48.4 Å². The minimum Gasteiger partial charge on any atom is -0.352 e. The van der Waals surface area contributed by atoms with Crippen LogP contribution in [0.2, 0.25) is 5.02 Å². The number of nitrogens with one attached hydrogen (secondary N) is 1. The predicted molar refractivity (Wildman–Crippen MR) is 104 cm³/mol. The predicted octanol–water partition coefficient (Wildman–Crippen LogP) is 3.34. The number of hydrogen-bond acceptors (Lipinski definition) is 3. The Labute approximate surface area is 160 Å². The first-order valence-corrected chi connectivity index (χ1v) is 10.3. The molecular formula is C19H23ClN2O3S. The van der Waals surface area contributed by atoms with Crippen molar-refractivity contribution in [3.8, 4) is 0 Å². The van der Waals surface area contributed by atoms with E-state index in [1.54, 1.807) is 19.9 Å². The van der Waals surface area contributed by atoms with Gasteiger partial charge in [0.2, 0.25) is 10.0 Å². The van der Waals surface area contributed by atoms with Crippen molar-refractivity contribution in [1.29, 1.82) is 0 Å². The lowest BCUT2D eigenvalue weighted by molar-refractivity contribution is 0.0954. The molecule has 0 aliphatic rings. The first kappa shape index (κ1) is 20.4. The van der Waals surface area contributed by atoms with E-state index in [1.807, 2.05) is 18.2 Å². The highest BCUT2D eigenvalue weighted by atomic mass is 35.5. The fourth-order valence-electron chi connectivity index (χ4n) is 2.61. The lowest BCUT2D eigenvalue weighted by Gasteiger charge is -2.18. The minimum atomic E-state index is -3.51. The SMILES string of the molecule is CCN(CC)S(=O)(=O)c1ccc(C(=O)NCCc2cccc(Cl)c2)cc1. The normalized spacial score (nSPS) is 11.5. The molecule has 0 unspecified atom stereocenters. The molecule has 0 heterocycles. The van der Waals surface area contributed by atoms with Crippen molar-refractivity contribution in [2.24, 2.45) is 0 Å². The molecule has 0 bridgehead atoms. The van der Waals surface area contributed by atoms with E-state index in [9.17, 15) is 13.2 Å². The van der Waals surface area contributed by atoms with E-state index in [0.717, 1.165) is 5.56 Å². The molecule has 2 aromatic carbocycles. The summed E-state index contributed by atoms with van der Waals surface area (Å²) in [5.74, 6) is -0.237. The first-order valence-electron chi connectivity index (χ1n) is 8.51. The zero-order valence-electron chi connectivity index (χ0n) is 14.9. The number of hydrogen-bond donors (Lipinski definition) is 1. The lowest BCUT2D eigenvalue weighted by atomic mass is 10.1. The Morgan fingerprint density at radius 1 is 1.08 bits per heavy atom. The van der Waals surface area contributed by atoms with Gasteiger partial charge in [-0.3, -0.25) is 4.79 Å². The molecule has 2 aromatic rings. The van der Waals surface area contributed by atoms with Crippen LogP contribution < -0.4 is 5.32 Å². The highest BCUT2D eigenvalue weighted by molar-refractivity contribution is 7.89. The molecule has 0 aliphatic carbocycles. The van der Waals surface area contributed by atoms with Crippen LogP contribution in [-0.2, 0) is 16.4 Å². The van der Waals surface area contributed by atoms with Crippen LogP contribution in [0.4, 0.5) is 0 Å². The number of halogens is 1. The largest absolute Gasteiger partial charge is 0.352 e. The number of carbonyl (C=O) groups excluding carboxylic acids is 1. The molecule has 2 rings (SSSR count). The summed E-state index contributed by atoms with van der Waals surface area (Å²) in [5.41, 5.74) is 1.47. The Bertz CT molecular complexity index is 847. The summed E-state index contributed by atoms with van der Waals surface area (Å²) in [6.45, 7) is 4.87. The third kappa shape index (κ3) is 5.06. The van der Waals surface area contributed by atoms with Gasteiger partial charge in [-0.2, -0.15) is 4.31 Å². The Morgan fingerprint density at radius 3 is 2.31 bits per heavy atom. The zero-order chi connectivity index (χ0) is 19.2. The van der Waals surface area contributed by atoms with Gasteiger partial charge in [0.1, 0.15) is 0 Å². The van der Waals surface area contributed by atoms with Gasteiger partial charge < -0.3 is 5.32 Å². The average Bonchev–Trinajstić information content (AvgIpc) is 2.62. The minimum absolute atomic E-state index is 0.191. The van der Waals surface area contributed by atoms with Crippen LogP contribution in [0.15, 0.2) is 53.4 Å². The van der Waals surface area contributed by atoms with Crippen molar-refractivity contribution < 1.29 is 13.2 Å². The summed E-state index contributed by atoms with van der Waals surface area (Å²) in [6, 6.07) is 13.5. The molecular weight excluding hydrogens is 372 g/mol. The third-order valence-electron chi connectivity index (χ3n) is 4.05. The molecule has 0 spiro atoms. The second-order valence-corrected chi connectivity index (χ2v) is 8.12. The maximum atomic E-state index is 12.4. The van der Waals surface area contributed by atoms with E-state index in [4.69, 9.17) is 11.6 Å². The smallest absolute Gasteiger partial charge is 0.251 e. The molecule has 0 saturated heterocycles. The standard InChI is InChI=1S/C19H23ClN2O3S/c1-3-22(4-2)26(24,25)18-10-8-16(9-11-18)19(23)21-13-12-15-6-5-7-17(20)14-15/h5-11,14H,3-4,12-13H2,1-2H3,(H,21,23). The number of sulfonamides is 1. The van der Waals surface area contributed by atoms with E-state index >= 15 is 0 Å². The second-order valence-electron chi connectivity index (χ2n) is 5.75. The summed E-state index contributed by atoms with van der Waals surface area (Å²) in [5, 5.41) is 3.49. The third-order valence-corrected chi connectivity index (χ3v) is 6.35. The molecule has 0 radical (unpaired) electrons. The van der Waals surface area contributed by atoms with Crippen LogP contribution >= 0.6 is 11.6 Å². The Balaban J connectivity index is 1.98. The number of amides is 1. The van der Waals surface area contributed by atoms with Gasteiger partial charge in [-0.25, -0.2) is 8.42 Å². The quantitative estimate of drug-likeness (QED) is 0.746. The Kier molecular flexibility index (Phi) is 7.20. The number of nitrogens with zero attached hydrogens (tertiary/aromatic N) is 1. The zero-order valence-corrected chi connectivity index (χ0v) is 16.5. The first-order chi connectivity index (χ1) is 12.4. The van der Waals surface area contributed by atoms with Crippen LogP contribution in [0.1, 0.15) is 29.8 Å². The van der Waals surface area contributed by atoms with Gasteiger partial charge in [0, 0.05) is 30.2 Å². The molecule has 26 heavy (non-hydrogen) atoms. The van der Waals surface area contributed by atoms with E-state index in [0.29, 0.717) is 36.6 Å². The Hall–Kier alpha value is -1.89. The monoisotopic (exact) mass is 394 g/mol. The molecule has 0 atom stereocenters.